The van der Waals surface area contributed by atoms with Gasteiger partial charge in [0.2, 0.25) is 5.91 Å². The molecular weight excluding hydrogens is 366 g/mol. The van der Waals surface area contributed by atoms with Gasteiger partial charge in [-0.15, -0.1) is 0 Å². The van der Waals surface area contributed by atoms with Gasteiger partial charge in [-0.25, -0.2) is 8.42 Å². The molecule has 0 aromatic heterocycles. The predicted octanol–water partition coefficient (Wildman–Crippen LogP) is 2.05. The molecule has 146 valence electrons. The molecule has 0 spiro atoms. The standard InChI is InChI=1S/C20H25NO5S/c22-18(21-12-16-5-2-9-20(16,13-21)19(23)24)8-10-27(25,26)17-7-6-14-3-1-4-15(14)11-17/h6-7,11,16H,1-5,8-10,12-13H2,(H,23,24)/t16-,20+/m0/s1. The molecule has 7 heteroatoms. The van der Waals surface area contributed by atoms with Crippen molar-refractivity contribution in [1.29, 1.82) is 0 Å². The lowest BCUT2D eigenvalue weighted by Gasteiger charge is -2.23. The van der Waals surface area contributed by atoms with Crippen LogP contribution in [0.15, 0.2) is 23.1 Å². The van der Waals surface area contributed by atoms with E-state index in [0.717, 1.165) is 37.7 Å². The van der Waals surface area contributed by atoms with E-state index in [4.69, 9.17) is 0 Å². The minimum absolute atomic E-state index is 0.00716. The van der Waals surface area contributed by atoms with Gasteiger partial charge in [0.05, 0.1) is 16.1 Å². The van der Waals surface area contributed by atoms with Crippen molar-refractivity contribution in [2.75, 3.05) is 18.8 Å². The molecule has 1 amide bonds. The van der Waals surface area contributed by atoms with E-state index in [2.05, 4.69) is 0 Å². The highest BCUT2D eigenvalue weighted by molar-refractivity contribution is 7.91. The second-order valence-corrected chi connectivity index (χ2v) is 10.3. The van der Waals surface area contributed by atoms with E-state index in [9.17, 15) is 23.1 Å². The lowest BCUT2D eigenvalue weighted by molar-refractivity contribution is -0.149. The van der Waals surface area contributed by atoms with Gasteiger partial charge in [0.25, 0.3) is 0 Å². The summed E-state index contributed by atoms with van der Waals surface area (Å²) in [4.78, 5) is 26.2. The summed E-state index contributed by atoms with van der Waals surface area (Å²) in [6.07, 6.45) is 5.17. The second kappa shape index (κ2) is 6.62. The van der Waals surface area contributed by atoms with Crippen LogP contribution in [0.4, 0.5) is 0 Å². The molecule has 3 aliphatic rings. The summed E-state index contributed by atoms with van der Waals surface area (Å²) in [6.45, 7) is 0.648. The summed E-state index contributed by atoms with van der Waals surface area (Å²) in [6, 6.07) is 5.28. The van der Waals surface area contributed by atoms with Crippen LogP contribution < -0.4 is 0 Å². The summed E-state index contributed by atoms with van der Waals surface area (Å²) < 4.78 is 25.3. The van der Waals surface area contributed by atoms with Crippen molar-refractivity contribution in [3.8, 4) is 0 Å². The van der Waals surface area contributed by atoms with Gasteiger partial charge >= 0.3 is 5.97 Å². The number of likely N-dealkylation sites (tertiary alicyclic amines) is 1. The zero-order valence-corrected chi connectivity index (χ0v) is 16.1. The van der Waals surface area contributed by atoms with Gasteiger partial charge < -0.3 is 10.0 Å². The number of nitrogens with zero attached hydrogens (tertiary/aromatic N) is 1. The number of carbonyl (C=O) groups is 2. The summed E-state index contributed by atoms with van der Waals surface area (Å²) in [7, 11) is -3.52. The maximum absolute atomic E-state index is 12.7. The van der Waals surface area contributed by atoms with Crippen LogP contribution in [0.2, 0.25) is 0 Å². The van der Waals surface area contributed by atoms with E-state index in [-0.39, 0.29) is 35.4 Å². The average molecular weight is 391 g/mol. The summed E-state index contributed by atoms with van der Waals surface area (Å²) in [5.74, 6) is -1.32. The van der Waals surface area contributed by atoms with Gasteiger partial charge in [-0.2, -0.15) is 0 Å². The Morgan fingerprint density at radius 2 is 1.96 bits per heavy atom. The highest BCUT2D eigenvalue weighted by Crippen LogP contribution is 2.49. The predicted molar refractivity (Wildman–Crippen MR) is 99.1 cm³/mol. The lowest BCUT2D eigenvalue weighted by Crippen LogP contribution is -2.37. The summed E-state index contributed by atoms with van der Waals surface area (Å²) in [5, 5.41) is 9.62. The zero-order chi connectivity index (χ0) is 19.2. The monoisotopic (exact) mass is 391 g/mol. The van der Waals surface area contributed by atoms with Crippen LogP contribution in [0.3, 0.4) is 0 Å². The van der Waals surface area contributed by atoms with Gasteiger partial charge in [-0.1, -0.05) is 12.5 Å². The minimum Gasteiger partial charge on any atom is -0.481 e. The molecule has 0 unspecified atom stereocenters. The van der Waals surface area contributed by atoms with Crippen molar-refractivity contribution in [2.24, 2.45) is 11.3 Å². The molecule has 1 aromatic carbocycles. The van der Waals surface area contributed by atoms with Crippen molar-refractivity contribution < 1.29 is 23.1 Å². The number of carboxylic acid groups (broad SMARTS) is 1. The Kier molecular flexibility index (Phi) is 4.53. The number of benzene rings is 1. The van der Waals surface area contributed by atoms with Gasteiger partial charge in [-0.05, 0) is 61.3 Å². The number of sulfone groups is 1. The van der Waals surface area contributed by atoms with Crippen LogP contribution >= 0.6 is 0 Å². The normalized spacial score (nSPS) is 26.8. The Balaban J connectivity index is 1.41. The van der Waals surface area contributed by atoms with Gasteiger partial charge in [0.1, 0.15) is 0 Å². The molecule has 1 saturated carbocycles. The Morgan fingerprint density at radius 1 is 1.19 bits per heavy atom. The number of carboxylic acids is 1. The highest BCUT2D eigenvalue weighted by atomic mass is 32.2. The smallest absolute Gasteiger partial charge is 0.311 e. The molecule has 4 rings (SSSR count). The van der Waals surface area contributed by atoms with Crippen molar-refractivity contribution in [2.45, 2.75) is 49.8 Å². The van der Waals surface area contributed by atoms with Crippen molar-refractivity contribution >= 4 is 21.7 Å². The lowest BCUT2D eigenvalue weighted by atomic mass is 9.81. The molecule has 27 heavy (non-hydrogen) atoms. The first-order valence-electron chi connectivity index (χ1n) is 9.68. The van der Waals surface area contributed by atoms with Crippen LogP contribution in [0.1, 0.15) is 43.2 Å². The van der Waals surface area contributed by atoms with Crippen LogP contribution in [0.25, 0.3) is 0 Å². The topological polar surface area (TPSA) is 91.8 Å². The SMILES string of the molecule is O=C(CCS(=O)(=O)c1ccc2c(c1)CCC2)N1C[C@@H]2CCC[C@@]2(C(=O)O)C1. The molecule has 1 saturated heterocycles. The van der Waals surface area contributed by atoms with Gasteiger partial charge in [-0.3, -0.25) is 9.59 Å². The van der Waals surface area contributed by atoms with Crippen LogP contribution in [0, 0.1) is 11.3 Å². The van der Waals surface area contributed by atoms with Gasteiger partial charge in [0, 0.05) is 19.5 Å². The zero-order valence-electron chi connectivity index (χ0n) is 15.3. The maximum Gasteiger partial charge on any atom is 0.311 e. The Morgan fingerprint density at radius 3 is 2.70 bits per heavy atom. The van der Waals surface area contributed by atoms with Gasteiger partial charge in [0.15, 0.2) is 9.84 Å². The van der Waals surface area contributed by atoms with E-state index in [0.29, 0.717) is 13.0 Å². The number of carbonyl (C=O) groups excluding carboxylic acids is 1. The van der Waals surface area contributed by atoms with Crippen LogP contribution in [-0.2, 0) is 32.3 Å². The quantitative estimate of drug-likeness (QED) is 0.829. The third kappa shape index (κ3) is 3.16. The fourth-order valence-electron chi connectivity index (χ4n) is 5.07. The first-order valence-corrected chi connectivity index (χ1v) is 11.3. The van der Waals surface area contributed by atoms with E-state index in [1.165, 1.54) is 5.56 Å². The number of amides is 1. The van der Waals surface area contributed by atoms with Crippen LogP contribution in [0.5, 0.6) is 0 Å². The third-order valence-corrected chi connectivity index (χ3v) is 8.38. The van der Waals surface area contributed by atoms with Crippen molar-refractivity contribution in [3.05, 3.63) is 29.3 Å². The van der Waals surface area contributed by atoms with E-state index in [1.54, 1.807) is 17.0 Å². The molecule has 2 aliphatic carbocycles. The highest BCUT2D eigenvalue weighted by Gasteiger charge is 2.55. The molecule has 1 aromatic rings. The fraction of sp³-hybridized carbons (Fsp3) is 0.600. The number of hydrogen-bond acceptors (Lipinski definition) is 4. The second-order valence-electron chi connectivity index (χ2n) is 8.18. The number of hydrogen-bond donors (Lipinski definition) is 1. The van der Waals surface area contributed by atoms with E-state index in [1.807, 2.05) is 6.07 Å². The third-order valence-electron chi connectivity index (χ3n) is 6.66. The molecule has 2 fully saturated rings. The molecule has 1 N–H and O–H groups in total. The molecule has 6 nitrogen and oxygen atoms in total. The molecule has 1 aliphatic heterocycles. The van der Waals surface area contributed by atoms with E-state index < -0.39 is 21.2 Å². The van der Waals surface area contributed by atoms with Crippen LogP contribution in [-0.4, -0.2) is 49.1 Å². The summed E-state index contributed by atoms with van der Waals surface area (Å²) >= 11 is 0. The largest absolute Gasteiger partial charge is 0.481 e. The number of rotatable bonds is 5. The van der Waals surface area contributed by atoms with Crippen molar-refractivity contribution in [3.63, 3.8) is 0 Å². The fourth-order valence-corrected chi connectivity index (χ4v) is 6.34. The average Bonchev–Trinajstić information content (AvgIpc) is 3.32. The van der Waals surface area contributed by atoms with E-state index >= 15 is 0 Å². The molecule has 2 atom stereocenters. The Hall–Kier alpha value is -1.89. The molecular formula is C20H25NO5S. The van der Waals surface area contributed by atoms with Crippen molar-refractivity contribution in [1.82, 2.24) is 4.90 Å². The summed E-state index contributed by atoms with van der Waals surface area (Å²) in [5.41, 5.74) is 1.49. The number of fused-ring (bicyclic) bond motifs is 2. The maximum atomic E-state index is 12.7. The first-order chi connectivity index (χ1) is 12.8. The molecule has 0 radical (unpaired) electrons. The Labute approximate surface area is 159 Å². The minimum atomic E-state index is -3.52. The number of aliphatic carboxylic acids is 1. The first kappa shape index (κ1) is 18.5. The number of aryl methyl sites for hydroxylation is 2. The molecule has 0 bridgehead atoms. The molecule has 1 heterocycles. The Bertz CT molecular complexity index is 894.